The third-order valence-electron chi connectivity index (χ3n) is 6.72. The van der Waals surface area contributed by atoms with Gasteiger partial charge in [-0.1, -0.05) is 0 Å². The summed E-state index contributed by atoms with van der Waals surface area (Å²) in [7, 11) is 1.62. The Kier molecular flexibility index (Phi) is 5.27. The topological polar surface area (TPSA) is 103 Å². The lowest BCUT2D eigenvalue weighted by Gasteiger charge is -2.27. The first kappa shape index (κ1) is 20.8. The van der Waals surface area contributed by atoms with Crippen molar-refractivity contribution in [1.29, 1.82) is 0 Å². The Morgan fingerprint density at radius 1 is 1.16 bits per heavy atom. The molecule has 2 aromatic rings. The predicted octanol–water partition coefficient (Wildman–Crippen LogP) is 2.39. The molecule has 1 spiro atoms. The highest BCUT2D eigenvalue weighted by molar-refractivity contribution is 5.98. The molecular formula is C24H27N3O5. The Morgan fingerprint density at radius 2 is 1.81 bits per heavy atom. The molecule has 2 amide bonds. The summed E-state index contributed by atoms with van der Waals surface area (Å²) in [5, 5.41) is 2.97. The highest BCUT2D eigenvalue weighted by Gasteiger charge is 2.68. The van der Waals surface area contributed by atoms with E-state index in [1.165, 1.54) is 0 Å². The second-order valence-corrected chi connectivity index (χ2v) is 8.60. The van der Waals surface area contributed by atoms with Gasteiger partial charge < -0.3 is 30.2 Å². The zero-order chi connectivity index (χ0) is 22.3. The van der Waals surface area contributed by atoms with Gasteiger partial charge in [0.25, 0.3) is 0 Å². The van der Waals surface area contributed by atoms with Gasteiger partial charge in [0.1, 0.15) is 17.2 Å². The first-order valence-corrected chi connectivity index (χ1v) is 10.9. The molecule has 3 aliphatic heterocycles. The number of amides is 2. The number of rotatable bonds is 7. The van der Waals surface area contributed by atoms with E-state index < -0.39 is 17.4 Å². The predicted molar refractivity (Wildman–Crippen MR) is 118 cm³/mol. The molecule has 3 saturated heterocycles. The SMILES string of the molecule is COc1ccc(Oc2ccc(NC(=O)[C@H]3[C@@H]4CC[C@@]5(CN(CCN)C(=O)[C@@H]35)O4)cc2)cc1. The summed E-state index contributed by atoms with van der Waals surface area (Å²) in [6.07, 6.45) is 1.41. The van der Waals surface area contributed by atoms with Gasteiger partial charge in [-0.2, -0.15) is 0 Å². The molecule has 3 aliphatic rings. The van der Waals surface area contributed by atoms with Crippen molar-refractivity contribution in [2.45, 2.75) is 24.5 Å². The van der Waals surface area contributed by atoms with Gasteiger partial charge in [0.2, 0.25) is 11.8 Å². The van der Waals surface area contributed by atoms with Crippen molar-refractivity contribution < 1.29 is 23.8 Å². The number of ether oxygens (including phenoxy) is 3. The molecule has 3 heterocycles. The van der Waals surface area contributed by atoms with E-state index in [1.54, 1.807) is 36.3 Å². The van der Waals surface area contributed by atoms with Crippen molar-refractivity contribution >= 4 is 17.5 Å². The first-order valence-electron chi connectivity index (χ1n) is 10.9. The number of carbonyl (C=O) groups is 2. The van der Waals surface area contributed by atoms with Crippen LogP contribution in [0.25, 0.3) is 0 Å². The fraction of sp³-hybridized carbons (Fsp3) is 0.417. The number of fused-ring (bicyclic) bond motifs is 1. The van der Waals surface area contributed by atoms with Crippen LogP contribution in [-0.4, -0.2) is 55.2 Å². The monoisotopic (exact) mass is 437 g/mol. The lowest BCUT2D eigenvalue weighted by molar-refractivity contribution is -0.136. The summed E-state index contributed by atoms with van der Waals surface area (Å²) < 4.78 is 17.2. The number of nitrogens with zero attached hydrogens (tertiary/aromatic N) is 1. The number of anilines is 1. The summed E-state index contributed by atoms with van der Waals surface area (Å²) in [5.74, 6) is 1.01. The Hall–Kier alpha value is -3.10. The minimum absolute atomic E-state index is 0.0129. The minimum Gasteiger partial charge on any atom is -0.497 e. The molecule has 2 aromatic carbocycles. The summed E-state index contributed by atoms with van der Waals surface area (Å²) in [4.78, 5) is 27.9. The maximum atomic E-state index is 13.2. The molecule has 0 unspecified atom stereocenters. The molecule has 8 heteroatoms. The molecule has 5 rings (SSSR count). The quantitative estimate of drug-likeness (QED) is 0.690. The Balaban J connectivity index is 1.25. The average Bonchev–Trinajstić information content (AvgIpc) is 3.44. The third kappa shape index (κ3) is 3.49. The molecule has 0 aliphatic carbocycles. The molecule has 3 fully saturated rings. The lowest BCUT2D eigenvalue weighted by Crippen LogP contribution is -2.43. The van der Waals surface area contributed by atoms with Crippen molar-refractivity contribution in [2.24, 2.45) is 17.6 Å². The molecule has 168 valence electrons. The fourth-order valence-corrected chi connectivity index (χ4v) is 5.30. The van der Waals surface area contributed by atoms with Gasteiger partial charge in [-0.15, -0.1) is 0 Å². The van der Waals surface area contributed by atoms with Gasteiger partial charge in [0.05, 0.1) is 37.2 Å². The molecule has 4 atom stereocenters. The molecule has 0 radical (unpaired) electrons. The maximum absolute atomic E-state index is 13.2. The van der Waals surface area contributed by atoms with Crippen LogP contribution in [0, 0.1) is 11.8 Å². The Bertz CT molecular complexity index is 1010. The maximum Gasteiger partial charge on any atom is 0.231 e. The van der Waals surface area contributed by atoms with E-state index in [2.05, 4.69) is 5.32 Å². The second-order valence-electron chi connectivity index (χ2n) is 8.60. The third-order valence-corrected chi connectivity index (χ3v) is 6.72. The van der Waals surface area contributed by atoms with Crippen molar-refractivity contribution in [3.63, 3.8) is 0 Å². The highest BCUT2D eigenvalue weighted by Crippen LogP contribution is 2.55. The van der Waals surface area contributed by atoms with Crippen molar-refractivity contribution in [1.82, 2.24) is 4.90 Å². The number of benzene rings is 2. The van der Waals surface area contributed by atoms with Crippen LogP contribution in [0.4, 0.5) is 5.69 Å². The largest absolute Gasteiger partial charge is 0.497 e. The number of likely N-dealkylation sites (tertiary alicyclic amines) is 1. The van der Waals surface area contributed by atoms with Crippen molar-refractivity contribution in [3.05, 3.63) is 48.5 Å². The van der Waals surface area contributed by atoms with Crippen LogP contribution in [0.5, 0.6) is 17.2 Å². The van der Waals surface area contributed by atoms with E-state index in [-0.39, 0.29) is 17.9 Å². The Morgan fingerprint density at radius 3 is 2.47 bits per heavy atom. The number of hydrogen-bond acceptors (Lipinski definition) is 6. The zero-order valence-corrected chi connectivity index (χ0v) is 18.0. The van der Waals surface area contributed by atoms with E-state index >= 15 is 0 Å². The molecule has 2 bridgehead atoms. The number of carbonyl (C=O) groups excluding carboxylic acids is 2. The number of nitrogens with one attached hydrogen (secondary N) is 1. The lowest BCUT2D eigenvalue weighted by atomic mass is 9.73. The summed E-state index contributed by atoms with van der Waals surface area (Å²) >= 11 is 0. The smallest absolute Gasteiger partial charge is 0.231 e. The minimum atomic E-state index is -0.533. The van der Waals surface area contributed by atoms with Gasteiger partial charge in [-0.05, 0) is 61.4 Å². The van der Waals surface area contributed by atoms with Crippen LogP contribution in [-0.2, 0) is 14.3 Å². The van der Waals surface area contributed by atoms with Gasteiger partial charge >= 0.3 is 0 Å². The van der Waals surface area contributed by atoms with E-state index in [1.807, 2.05) is 24.3 Å². The normalized spacial score (nSPS) is 28.0. The number of nitrogens with two attached hydrogens (primary N) is 1. The number of methoxy groups -OCH3 is 1. The molecule has 0 aromatic heterocycles. The van der Waals surface area contributed by atoms with Crippen LogP contribution >= 0.6 is 0 Å². The van der Waals surface area contributed by atoms with Crippen LogP contribution in [0.3, 0.4) is 0 Å². The highest BCUT2D eigenvalue weighted by atomic mass is 16.5. The molecular weight excluding hydrogens is 410 g/mol. The van der Waals surface area contributed by atoms with Crippen LogP contribution in [0.15, 0.2) is 48.5 Å². The summed E-state index contributed by atoms with van der Waals surface area (Å²) in [6, 6.07) is 14.5. The van der Waals surface area contributed by atoms with E-state index in [9.17, 15) is 9.59 Å². The average molecular weight is 437 g/mol. The van der Waals surface area contributed by atoms with Gasteiger partial charge in [-0.3, -0.25) is 9.59 Å². The molecule has 32 heavy (non-hydrogen) atoms. The summed E-state index contributed by atoms with van der Waals surface area (Å²) in [5.41, 5.74) is 5.77. The first-order chi connectivity index (χ1) is 15.5. The number of hydrogen-bond donors (Lipinski definition) is 2. The molecule has 0 saturated carbocycles. The molecule has 3 N–H and O–H groups in total. The van der Waals surface area contributed by atoms with Gasteiger partial charge in [-0.25, -0.2) is 0 Å². The van der Waals surface area contributed by atoms with E-state index in [4.69, 9.17) is 19.9 Å². The standard InChI is InChI=1S/C24H27N3O5/c1-30-16-6-8-18(9-7-16)31-17-4-2-15(3-5-17)26-22(28)20-19-10-11-24(32-19)14-27(13-12-25)23(29)21(20)24/h2-9,19-21H,10-14,25H2,1H3,(H,26,28)/t19-,20-,21+,24-/m0/s1. The zero-order valence-electron chi connectivity index (χ0n) is 18.0. The Labute approximate surface area is 186 Å². The van der Waals surface area contributed by atoms with Crippen molar-refractivity contribution in [3.8, 4) is 17.2 Å². The van der Waals surface area contributed by atoms with Crippen LogP contribution < -0.4 is 20.5 Å². The van der Waals surface area contributed by atoms with Crippen molar-refractivity contribution in [2.75, 3.05) is 32.1 Å². The fourth-order valence-electron chi connectivity index (χ4n) is 5.30. The van der Waals surface area contributed by atoms with E-state index in [0.29, 0.717) is 36.8 Å². The van der Waals surface area contributed by atoms with Crippen LogP contribution in [0.2, 0.25) is 0 Å². The summed E-state index contributed by atoms with van der Waals surface area (Å²) in [6.45, 7) is 1.43. The van der Waals surface area contributed by atoms with E-state index in [0.717, 1.165) is 18.6 Å². The second kappa shape index (κ2) is 8.11. The van der Waals surface area contributed by atoms with Gasteiger partial charge in [0.15, 0.2) is 0 Å². The molecule has 8 nitrogen and oxygen atoms in total. The van der Waals surface area contributed by atoms with Gasteiger partial charge in [0, 0.05) is 18.8 Å². The van der Waals surface area contributed by atoms with Crippen LogP contribution in [0.1, 0.15) is 12.8 Å².